The minimum absolute atomic E-state index is 0.169. The SMILES string of the molecule is COc1ccc(C(OC[C@]23OCCO[C@H]2[C@@H](O)[C@H](n2cc(C)c(=O)[nH]c2=O)O3)(c2ccccc2)c2ccc(OC)cc2)cc1. The van der Waals surface area contributed by atoms with Crippen molar-refractivity contribution in [3.05, 3.63) is 128 Å². The average molecular weight is 603 g/mol. The molecule has 0 unspecified atom stereocenters. The predicted molar refractivity (Wildman–Crippen MR) is 159 cm³/mol. The van der Waals surface area contributed by atoms with E-state index >= 15 is 0 Å². The quantitative estimate of drug-likeness (QED) is 0.278. The van der Waals surface area contributed by atoms with Gasteiger partial charge in [-0.2, -0.15) is 0 Å². The molecule has 11 nitrogen and oxygen atoms in total. The van der Waals surface area contributed by atoms with Gasteiger partial charge in [0.25, 0.3) is 5.56 Å². The molecule has 2 saturated heterocycles. The first-order valence-corrected chi connectivity index (χ1v) is 14.2. The maximum Gasteiger partial charge on any atom is 0.330 e. The number of hydrogen-bond donors (Lipinski definition) is 2. The molecule has 0 saturated carbocycles. The number of fused-ring (bicyclic) bond motifs is 1. The fraction of sp³-hybridized carbons (Fsp3) is 0.333. The molecule has 2 aliphatic rings. The van der Waals surface area contributed by atoms with E-state index in [-0.39, 0.29) is 25.4 Å². The number of aromatic nitrogens is 2. The van der Waals surface area contributed by atoms with Gasteiger partial charge >= 0.3 is 5.69 Å². The number of hydrogen-bond acceptors (Lipinski definition) is 9. The van der Waals surface area contributed by atoms with Crippen molar-refractivity contribution >= 4 is 0 Å². The number of ether oxygens (including phenoxy) is 6. The van der Waals surface area contributed by atoms with Crippen LogP contribution in [0.25, 0.3) is 0 Å². The fourth-order valence-electron chi connectivity index (χ4n) is 5.92. The normalized spacial score (nSPS) is 23.2. The lowest BCUT2D eigenvalue weighted by molar-refractivity contribution is -0.327. The fourth-order valence-corrected chi connectivity index (χ4v) is 5.92. The van der Waals surface area contributed by atoms with Gasteiger partial charge in [0.05, 0.1) is 27.4 Å². The molecule has 230 valence electrons. The third kappa shape index (κ3) is 5.12. The second kappa shape index (κ2) is 12.0. The van der Waals surface area contributed by atoms with Crippen LogP contribution in [0, 0.1) is 6.92 Å². The summed E-state index contributed by atoms with van der Waals surface area (Å²) in [7, 11) is 3.21. The molecule has 0 spiro atoms. The van der Waals surface area contributed by atoms with E-state index in [4.69, 9.17) is 28.4 Å². The number of nitrogens with zero attached hydrogens (tertiary/aromatic N) is 1. The summed E-state index contributed by atoms with van der Waals surface area (Å²) >= 11 is 0. The van der Waals surface area contributed by atoms with Gasteiger partial charge in [-0.05, 0) is 47.9 Å². The minimum atomic E-state index is -1.59. The van der Waals surface area contributed by atoms with Gasteiger partial charge in [0.2, 0.25) is 5.79 Å². The third-order valence-electron chi connectivity index (χ3n) is 8.17. The molecular formula is C33H34N2O9. The lowest BCUT2D eigenvalue weighted by atomic mass is 9.80. The van der Waals surface area contributed by atoms with Crippen LogP contribution in [0.4, 0.5) is 0 Å². The Morgan fingerprint density at radius 3 is 2.09 bits per heavy atom. The second-order valence-corrected chi connectivity index (χ2v) is 10.7. The van der Waals surface area contributed by atoms with Crippen molar-refractivity contribution in [1.82, 2.24) is 9.55 Å². The molecule has 4 atom stereocenters. The van der Waals surface area contributed by atoms with Crippen LogP contribution in [0.2, 0.25) is 0 Å². The Morgan fingerprint density at radius 2 is 1.50 bits per heavy atom. The highest BCUT2D eigenvalue weighted by Gasteiger charge is 2.60. The number of benzene rings is 3. The number of rotatable bonds is 9. The van der Waals surface area contributed by atoms with Crippen molar-refractivity contribution in [2.24, 2.45) is 0 Å². The number of methoxy groups -OCH3 is 2. The maximum atomic E-state index is 12.8. The Labute approximate surface area is 253 Å². The number of aliphatic hydroxyl groups excluding tert-OH is 1. The number of aromatic amines is 1. The van der Waals surface area contributed by atoms with Gasteiger partial charge in [0, 0.05) is 11.8 Å². The highest BCUT2D eigenvalue weighted by Crippen LogP contribution is 2.46. The molecule has 6 rings (SSSR count). The molecule has 4 aromatic rings. The van der Waals surface area contributed by atoms with E-state index in [2.05, 4.69) is 4.98 Å². The van der Waals surface area contributed by atoms with E-state index in [9.17, 15) is 14.7 Å². The molecule has 1 aromatic heterocycles. The molecule has 0 bridgehead atoms. The summed E-state index contributed by atoms with van der Waals surface area (Å²) in [4.78, 5) is 27.1. The van der Waals surface area contributed by atoms with Crippen LogP contribution < -0.4 is 20.7 Å². The lowest BCUT2D eigenvalue weighted by Crippen LogP contribution is -2.56. The Morgan fingerprint density at radius 1 is 0.909 bits per heavy atom. The summed E-state index contributed by atoms with van der Waals surface area (Å²) in [6, 6.07) is 24.9. The molecule has 3 heterocycles. The maximum absolute atomic E-state index is 12.8. The zero-order chi connectivity index (χ0) is 30.9. The molecule has 0 radical (unpaired) electrons. The van der Waals surface area contributed by atoms with Gasteiger partial charge in [0.1, 0.15) is 35.9 Å². The molecule has 0 aliphatic carbocycles. The number of H-pyrrole nitrogens is 1. The van der Waals surface area contributed by atoms with Crippen molar-refractivity contribution in [2.75, 3.05) is 34.0 Å². The smallest absolute Gasteiger partial charge is 0.330 e. The predicted octanol–water partition coefficient (Wildman–Crippen LogP) is 2.87. The Kier molecular flexibility index (Phi) is 8.14. The van der Waals surface area contributed by atoms with Crippen LogP contribution in [0.3, 0.4) is 0 Å². The summed E-state index contributed by atoms with van der Waals surface area (Å²) in [6.07, 6.45) is -2.17. The first-order valence-electron chi connectivity index (χ1n) is 14.2. The zero-order valence-electron chi connectivity index (χ0n) is 24.6. The van der Waals surface area contributed by atoms with E-state index in [0.717, 1.165) is 21.3 Å². The Balaban J connectivity index is 1.47. The van der Waals surface area contributed by atoms with Crippen molar-refractivity contribution in [3.8, 4) is 11.5 Å². The van der Waals surface area contributed by atoms with Crippen LogP contribution in [0.15, 0.2) is 94.6 Å². The van der Waals surface area contributed by atoms with Crippen LogP contribution >= 0.6 is 0 Å². The summed E-state index contributed by atoms with van der Waals surface area (Å²) in [5.74, 6) is -0.232. The van der Waals surface area contributed by atoms with Crippen LogP contribution in [0.5, 0.6) is 11.5 Å². The molecule has 2 aliphatic heterocycles. The van der Waals surface area contributed by atoms with Crippen molar-refractivity contribution in [3.63, 3.8) is 0 Å². The first-order chi connectivity index (χ1) is 21.3. The highest BCUT2D eigenvalue weighted by atomic mass is 16.8. The van der Waals surface area contributed by atoms with Crippen molar-refractivity contribution in [1.29, 1.82) is 0 Å². The Bertz CT molecular complexity index is 1660. The summed E-state index contributed by atoms with van der Waals surface area (Å²) in [5, 5.41) is 11.4. The summed E-state index contributed by atoms with van der Waals surface area (Å²) < 4.78 is 37.6. The number of aryl methyl sites for hydroxylation is 1. The molecule has 0 amide bonds. The largest absolute Gasteiger partial charge is 0.497 e. The van der Waals surface area contributed by atoms with E-state index in [1.54, 1.807) is 21.1 Å². The van der Waals surface area contributed by atoms with Crippen LogP contribution in [-0.2, 0) is 24.5 Å². The van der Waals surface area contributed by atoms with Crippen LogP contribution in [0.1, 0.15) is 28.5 Å². The second-order valence-electron chi connectivity index (χ2n) is 10.7. The molecule has 44 heavy (non-hydrogen) atoms. The topological polar surface area (TPSA) is 130 Å². The average Bonchev–Trinajstić information content (AvgIpc) is 3.36. The summed E-state index contributed by atoms with van der Waals surface area (Å²) in [6.45, 7) is 1.74. The van der Waals surface area contributed by atoms with E-state index in [1.807, 2.05) is 78.9 Å². The number of nitrogens with one attached hydrogen (secondary N) is 1. The molecule has 11 heteroatoms. The zero-order valence-corrected chi connectivity index (χ0v) is 24.6. The molecule has 2 N–H and O–H groups in total. The highest BCUT2D eigenvalue weighted by molar-refractivity contribution is 5.49. The minimum Gasteiger partial charge on any atom is -0.497 e. The van der Waals surface area contributed by atoms with E-state index in [0.29, 0.717) is 11.5 Å². The Hall–Kier alpha value is -4.26. The van der Waals surface area contributed by atoms with E-state index < -0.39 is 41.1 Å². The number of aliphatic hydroxyl groups is 1. The molecule has 3 aromatic carbocycles. The van der Waals surface area contributed by atoms with Gasteiger partial charge in [0.15, 0.2) is 6.23 Å². The molecule has 2 fully saturated rings. The standard InChI is InChI=1S/C33H34N2O9/c1-21-19-35(31(38)34-29(21)37)30-27(36)28-32(44-30,42-18-17-41-28)20-43-33(22-7-5-4-6-8-22,23-9-13-25(39-2)14-10-23)24-11-15-26(40-3)16-12-24/h4-16,19,27-28,30,36H,17-18,20H2,1-3H3,(H,34,37,38)/t27-,28+,30-,32-/m1/s1. The monoisotopic (exact) mass is 602 g/mol. The van der Waals surface area contributed by atoms with Gasteiger partial charge in [-0.1, -0.05) is 54.6 Å². The lowest BCUT2D eigenvalue weighted by Gasteiger charge is -2.42. The van der Waals surface area contributed by atoms with Gasteiger partial charge in [-0.25, -0.2) is 4.79 Å². The third-order valence-corrected chi connectivity index (χ3v) is 8.17. The van der Waals surface area contributed by atoms with Gasteiger partial charge < -0.3 is 33.5 Å². The van der Waals surface area contributed by atoms with E-state index in [1.165, 1.54) is 6.20 Å². The first kappa shape index (κ1) is 29.8. The molecular weight excluding hydrogens is 568 g/mol. The van der Waals surface area contributed by atoms with Gasteiger partial charge in [-0.3, -0.25) is 14.3 Å². The van der Waals surface area contributed by atoms with Crippen LogP contribution in [-0.4, -0.2) is 66.7 Å². The summed E-state index contributed by atoms with van der Waals surface area (Å²) in [5.41, 5.74) is 0.247. The van der Waals surface area contributed by atoms with Crippen molar-refractivity contribution < 1.29 is 33.5 Å². The van der Waals surface area contributed by atoms with Crippen molar-refractivity contribution in [2.45, 2.75) is 36.7 Å². The van der Waals surface area contributed by atoms with Gasteiger partial charge in [-0.15, -0.1) is 0 Å².